The van der Waals surface area contributed by atoms with Crippen LogP contribution in [0.5, 0.6) is 0 Å². The fourth-order valence-electron chi connectivity index (χ4n) is 3.27. The normalized spacial score (nSPS) is 25.7. The van der Waals surface area contributed by atoms with Crippen LogP contribution in [0.15, 0.2) is 24.4 Å². The summed E-state index contributed by atoms with van der Waals surface area (Å²) in [5.41, 5.74) is 7.25. The average molecular weight is 277 g/mol. The monoisotopic (exact) mass is 277 g/mol. The number of hydrogen-bond donors (Lipinski definition) is 1. The maximum atomic E-state index is 6.20. The molecule has 0 saturated carbocycles. The summed E-state index contributed by atoms with van der Waals surface area (Å²) < 4.78 is 11.6. The number of nitrogens with two attached hydrogens (primary N) is 1. The lowest BCUT2D eigenvalue weighted by Crippen LogP contribution is -2.49. The fourth-order valence-corrected chi connectivity index (χ4v) is 3.27. The first-order valence-electron chi connectivity index (χ1n) is 7.39. The van der Waals surface area contributed by atoms with Crippen LogP contribution in [0.25, 0.3) is 0 Å². The number of rotatable bonds is 3. The minimum atomic E-state index is -0.330. The zero-order chi connectivity index (χ0) is 14.0. The van der Waals surface area contributed by atoms with Crippen LogP contribution >= 0.6 is 0 Å². The summed E-state index contributed by atoms with van der Waals surface area (Å²) in [6.45, 7) is 5.35. The van der Waals surface area contributed by atoms with Crippen LogP contribution < -0.4 is 5.73 Å². The Labute approximate surface area is 120 Å². The smallest absolute Gasteiger partial charge is 0.170 e. The van der Waals surface area contributed by atoms with Gasteiger partial charge in [-0.1, -0.05) is 6.07 Å². The number of nitrogens with zero attached hydrogens (tertiary/aromatic N) is 2. The van der Waals surface area contributed by atoms with Crippen LogP contribution in [0.3, 0.4) is 0 Å². The predicted octanol–water partition coefficient (Wildman–Crippen LogP) is 1.31. The number of hydrogen-bond acceptors (Lipinski definition) is 5. The second kappa shape index (κ2) is 5.77. The highest BCUT2D eigenvalue weighted by Crippen LogP contribution is 2.34. The van der Waals surface area contributed by atoms with Gasteiger partial charge < -0.3 is 15.2 Å². The van der Waals surface area contributed by atoms with Crippen LogP contribution in [0.2, 0.25) is 0 Å². The molecule has 0 bridgehead atoms. The van der Waals surface area contributed by atoms with E-state index in [4.69, 9.17) is 15.2 Å². The molecule has 2 N–H and O–H groups in total. The summed E-state index contributed by atoms with van der Waals surface area (Å²) in [6, 6.07) is 6.22. The third kappa shape index (κ3) is 2.72. The van der Waals surface area contributed by atoms with E-state index in [1.165, 1.54) is 0 Å². The first-order chi connectivity index (χ1) is 9.70. The SMILES string of the molecule is CC(N)C(c1ccccn1)N1CCC2(CC1)OCCO2. The molecule has 2 aliphatic rings. The van der Waals surface area contributed by atoms with Gasteiger partial charge in [-0.15, -0.1) is 0 Å². The minimum absolute atomic E-state index is 0.0457. The third-order valence-electron chi connectivity index (χ3n) is 4.26. The van der Waals surface area contributed by atoms with E-state index in [0.717, 1.165) is 44.8 Å². The van der Waals surface area contributed by atoms with E-state index in [1.807, 2.05) is 25.3 Å². The molecule has 2 fully saturated rings. The van der Waals surface area contributed by atoms with Crippen molar-refractivity contribution in [1.29, 1.82) is 0 Å². The van der Waals surface area contributed by atoms with Crippen molar-refractivity contribution in [2.24, 2.45) is 5.73 Å². The zero-order valence-corrected chi connectivity index (χ0v) is 12.0. The second-order valence-corrected chi connectivity index (χ2v) is 5.70. The summed E-state index contributed by atoms with van der Waals surface area (Å²) in [6.07, 6.45) is 3.64. The Morgan fingerprint density at radius 3 is 2.50 bits per heavy atom. The molecule has 0 amide bonds. The Hall–Kier alpha value is -1.01. The van der Waals surface area contributed by atoms with Gasteiger partial charge in [0, 0.05) is 38.2 Å². The standard InChI is InChI=1S/C15H23N3O2/c1-12(16)14(13-4-2-3-7-17-13)18-8-5-15(6-9-18)19-10-11-20-15/h2-4,7,12,14H,5-6,8-11,16H2,1H3. The van der Waals surface area contributed by atoms with Crippen molar-refractivity contribution in [2.75, 3.05) is 26.3 Å². The van der Waals surface area contributed by atoms with Crippen molar-refractivity contribution in [1.82, 2.24) is 9.88 Å². The molecule has 2 unspecified atom stereocenters. The molecule has 3 rings (SSSR count). The van der Waals surface area contributed by atoms with Crippen molar-refractivity contribution in [3.05, 3.63) is 30.1 Å². The van der Waals surface area contributed by atoms with E-state index in [0.29, 0.717) is 0 Å². The molecule has 110 valence electrons. The van der Waals surface area contributed by atoms with Gasteiger partial charge in [-0.2, -0.15) is 0 Å². The number of ether oxygens (including phenoxy) is 2. The van der Waals surface area contributed by atoms with Gasteiger partial charge >= 0.3 is 0 Å². The topological polar surface area (TPSA) is 60.6 Å². The fraction of sp³-hybridized carbons (Fsp3) is 0.667. The first kappa shape index (κ1) is 13.9. The Bertz CT molecular complexity index is 422. The predicted molar refractivity (Wildman–Crippen MR) is 76.1 cm³/mol. The van der Waals surface area contributed by atoms with Gasteiger partial charge in [0.15, 0.2) is 5.79 Å². The summed E-state index contributed by atoms with van der Waals surface area (Å²) in [7, 11) is 0. The number of aromatic nitrogens is 1. The summed E-state index contributed by atoms with van der Waals surface area (Å²) in [5.74, 6) is -0.330. The molecule has 1 aromatic rings. The molecule has 2 aliphatic heterocycles. The Kier molecular flexibility index (Phi) is 4.03. The molecular formula is C15H23N3O2. The highest BCUT2D eigenvalue weighted by molar-refractivity contribution is 5.11. The molecule has 5 nitrogen and oxygen atoms in total. The quantitative estimate of drug-likeness (QED) is 0.902. The van der Waals surface area contributed by atoms with Crippen molar-refractivity contribution < 1.29 is 9.47 Å². The van der Waals surface area contributed by atoms with Gasteiger partial charge in [0.25, 0.3) is 0 Å². The van der Waals surface area contributed by atoms with Crippen LogP contribution in [0.4, 0.5) is 0 Å². The zero-order valence-electron chi connectivity index (χ0n) is 12.0. The van der Waals surface area contributed by atoms with Crippen molar-refractivity contribution in [3.63, 3.8) is 0 Å². The maximum absolute atomic E-state index is 6.20. The molecule has 0 aliphatic carbocycles. The summed E-state index contributed by atoms with van der Waals surface area (Å²) >= 11 is 0. The average Bonchev–Trinajstić information content (AvgIpc) is 2.91. The second-order valence-electron chi connectivity index (χ2n) is 5.70. The van der Waals surface area contributed by atoms with Gasteiger partial charge in [0.1, 0.15) is 0 Å². The van der Waals surface area contributed by atoms with E-state index < -0.39 is 0 Å². The van der Waals surface area contributed by atoms with Gasteiger partial charge in [-0.25, -0.2) is 0 Å². The lowest BCUT2D eigenvalue weighted by atomic mass is 9.97. The lowest BCUT2D eigenvalue weighted by Gasteiger charge is -2.42. The van der Waals surface area contributed by atoms with E-state index in [9.17, 15) is 0 Å². The van der Waals surface area contributed by atoms with E-state index >= 15 is 0 Å². The molecule has 5 heteroatoms. The van der Waals surface area contributed by atoms with Gasteiger partial charge in [-0.3, -0.25) is 9.88 Å². The van der Waals surface area contributed by atoms with Crippen LogP contribution in [-0.2, 0) is 9.47 Å². The lowest BCUT2D eigenvalue weighted by molar-refractivity contribution is -0.188. The summed E-state index contributed by atoms with van der Waals surface area (Å²) in [4.78, 5) is 6.89. The molecule has 2 saturated heterocycles. The number of likely N-dealkylation sites (tertiary alicyclic amines) is 1. The number of piperidine rings is 1. The van der Waals surface area contributed by atoms with Crippen LogP contribution in [-0.4, -0.2) is 48.0 Å². The van der Waals surface area contributed by atoms with Gasteiger partial charge in [-0.05, 0) is 19.1 Å². The molecule has 3 heterocycles. The van der Waals surface area contributed by atoms with E-state index in [2.05, 4.69) is 16.0 Å². The Morgan fingerprint density at radius 1 is 1.25 bits per heavy atom. The molecule has 1 spiro atoms. The first-order valence-corrected chi connectivity index (χ1v) is 7.39. The highest BCUT2D eigenvalue weighted by atomic mass is 16.7. The summed E-state index contributed by atoms with van der Waals surface area (Å²) in [5, 5.41) is 0. The Morgan fingerprint density at radius 2 is 1.95 bits per heavy atom. The van der Waals surface area contributed by atoms with Crippen molar-refractivity contribution in [2.45, 2.75) is 37.6 Å². The van der Waals surface area contributed by atoms with Crippen molar-refractivity contribution >= 4 is 0 Å². The van der Waals surface area contributed by atoms with Crippen molar-refractivity contribution in [3.8, 4) is 0 Å². The van der Waals surface area contributed by atoms with E-state index in [1.54, 1.807) is 0 Å². The van der Waals surface area contributed by atoms with Gasteiger partial charge in [0.2, 0.25) is 0 Å². The van der Waals surface area contributed by atoms with Crippen LogP contribution in [0, 0.1) is 0 Å². The molecule has 0 radical (unpaired) electrons. The van der Waals surface area contributed by atoms with E-state index in [-0.39, 0.29) is 17.9 Å². The molecule has 20 heavy (non-hydrogen) atoms. The Balaban J connectivity index is 1.71. The number of pyridine rings is 1. The van der Waals surface area contributed by atoms with Crippen LogP contribution in [0.1, 0.15) is 31.5 Å². The molecule has 1 aromatic heterocycles. The largest absolute Gasteiger partial charge is 0.347 e. The molecular weight excluding hydrogens is 254 g/mol. The highest BCUT2D eigenvalue weighted by Gasteiger charge is 2.41. The third-order valence-corrected chi connectivity index (χ3v) is 4.26. The maximum Gasteiger partial charge on any atom is 0.170 e. The minimum Gasteiger partial charge on any atom is -0.347 e. The molecule has 2 atom stereocenters. The van der Waals surface area contributed by atoms with Gasteiger partial charge in [0.05, 0.1) is 24.9 Å². The molecule has 0 aromatic carbocycles.